The zero-order chi connectivity index (χ0) is 17.6. The maximum atomic E-state index is 11.0. The van der Waals surface area contributed by atoms with Gasteiger partial charge in [0.2, 0.25) is 5.89 Å². The lowest BCUT2D eigenvalue weighted by Gasteiger charge is -2.12. The van der Waals surface area contributed by atoms with Crippen LogP contribution in [0, 0.1) is 0 Å². The molecule has 0 fully saturated rings. The number of oxazole rings is 1. The first kappa shape index (κ1) is 16.8. The van der Waals surface area contributed by atoms with Gasteiger partial charge >= 0.3 is 0 Å². The molecule has 2 N–H and O–H groups in total. The molecule has 1 unspecified atom stereocenters. The number of rotatable bonds is 7. The molecule has 0 spiro atoms. The third kappa shape index (κ3) is 3.90. The second-order valence-electron chi connectivity index (χ2n) is 5.25. The first-order chi connectivity index (χ1) is 12.2. The molecule has 2 aromatic heterocycles. The molecular weight excluding hydrogens is 326 g/mol. The van der Waals surface area contributed by atoms with Crippen molar-refractivity contribution in [2.45, 2.75) is 12.5 Å². The number of hydrogen-bond acceptors (Lipinski definition) is 7. The number of methoxy groups -OCH3 is 1. The number of fused-ring (bicyclic) bond motifs is 1. The fraction of sp³-hybridized carbons (Fsp3) is 0.250. The maximum absolute atomic E-state index is 11.0. The first-order valence-electron chi connectivity index (χ1n) is 7.59. The van der Waals surface area contributed by atoms with E-state index in [0.29, 0.717) is 30.2 Å². The van der Waals surface area contributed by atoms with Crippen molar-refractivity contribution in [1.29, 1.82) is 0 Å². The van der Waals surface area contributed by atoms with E-state index in [1.807, 2.05) is 24.3 Å². The van der Waals surface area contributed by atoms with Crippen molar-refractivity contribution in [2.75, 3.05) is 13.7 Å². The van der Waals surface area contributed by atoms with Gasteiger partial charge in [0.25, 0.3) is 5.91 Å². The normalized spacial score (nSPS) is 12.7. The molecule has 9 heteroatoms. The summed E-state index contributed by atoms with van der Waals surface area (Å²) >= 11 is 0. The maximum Gasteiger partial charge on any atom is 0.267 e. The van der Waals surface area contributed by atoms with Crippen molar-refractivity contribution < 1.29 is 19.2 Å². The Morgan fingerprint density at radius 3 is 3.08 bits per heavy atom. The topological polar surface area (TPSA) is 115 Å². The highest BCUT2D eigenvalue weighted by atomic mass is 16.5. The zero-order valence-electron chi connectivity index (χ0n) is 13.5. The Hall–Kier alpha value is -3.04. The van der Waals surface area contributed by atoms with Crippen molar-refractivity contribution in [2.24, 2.45) is 0 Å². The van der Waals surface area contributed by atoms with Crippen LogP contribution in [0.1, 0.15) is 24.0 Å². The average Bonchev–Trinajstić information content (AvgIpc) is 3.27. The van der Waals surface area contributed by atoms with E-state index in [2.05, 4.69) is 15.3 Å². The number of benzene rings is 1. The predicted octanol–water partition coefficient (Wildman–Crippen LogP) is 1.56. The highest BCUT2D eigenvalue weighted by Crippen LogP contribution is 2.25. The Morgan fingerprint density at radius 2 is 2.32 bits per heavy atom. The molecule has 0 bridgehead atoms. The highest BCUT2D eigenvalue weighted by molar-refractivity contribution is 5.90. The van der Waals surface area contributed by atoms with E-state index in [0.717, 1.165) is 11.6 Å². The third-order valence-corrected chi connectivity index (χ3v) is 3.55. The summed E-state index contributed by atoms with van der Waals surface area (Å²) in [5, 5.41) is 16.6. The summed E-state index contributed by atoms with van der Waals surface area (Å²) in [4.78, 5) is 15.6. The SMILES string of the molecule is COCCC(c1nc2ccccc2o1)n1cc(C=CC(=O)NO)nn1. The minimum atomic E-state index is -0.649. The summed E-state index contributed by atoms with van der Waals surface area (Å²) in [7, 11) is 1.62. The predicted molar refractivity (Wildman–Crippen MR) is 87.6 cm³/mol. The summed E-state index contributed by atoms with van der Waals surface area (Å²) < 4.78 is 12.6. The minimum absolute atomic E-state index is 0.298. The standard InChI is InChI=1S/C16H17N5O4/c1-24-9-8-13(16-17-12-4-2-3-5-14(12)25-16)21-10-11(18-20-21)6-7-15(22)19-23/h2-7,10,13,23H,8-9H2,1H3,(H,19,22). The Bertz CT molecular complexity index is 852. The van der Waals surface area contributed by atoms with Gasteiger partial charge in [0.1, 0.15) is 17.3 Å². The van der Waals surface area contributed by atoms with E-state index >= 15 is 0 Å². The van der Waals surface area contributed by atoms with Crippen LogP contribution in [0.15, 0.2) is 41.0 Å². The molecule has 1 amide bonds. The van der Waals surface area contributed by atoms with Crippen molar-refractivity contribution in [3.8, 4) is 0 Å². The molecule has 0 saturated carbocycles. The van der Waals surface area contributed by atoms with Crippen LogP contribution in [0.4, 0.5) is 0 Å². The van der Waals surface area contributed by atoms with Crippen molar-refractivity contribution in [3.05, 3.63) is 48.1 Å². The molecule has 130 valence electrons. The van der Waals surface area contributed by atoms with Gasteiger partial charge in [-0.3, -0.25) is 10.0 Å². The van der Waals surface area contributed by atoms with Gasteiger partial charge in [0, 0.05) is 26.2 Å². The summed E-state index contributed by atoms with van der Waals surface area (Å²) in [6.07, 6.45) is 4.84. The van der Waals surface area contributed by atoms with E-state index in [4.69, 9.17) is 14.4 Å². The molecular formula is C16H17N5O4. The lowest BCUT2D eigenvalue weighted by molar-refractivity contribution is -0.124. The number of carbonyl (C=O) groups is 1. The number of aromatic nitrogens is 4. The summed E-state index contributed by atoms with van der Waals surface area (Å²) in [6.45, 7) is 0.487. The summed E-state index contributed by atoms with van der Waals surface area (Å²) in [5.74, 6) is -0.142. The quantitative estimate of drug-likeness (QED) is 0.380. The van der Waals surface area contributed by atoms with E-state index in [9.17, 15) is 4.79 Å². The van der Waals surface area contributed by atoms with Crippen LogP contribution in [-0.2, 0) is 9.53 Å². The van der Waals surface area contributed by atoms with Crippen LogP contribution in [0.3, 0.4) is 0 Å². The second-order valence-corrected chi connectivity index (χ2v) is 5.25. The van der Waals surface area contributed by atoms with Gasteiger partial charge in [-0.05, 0) is 18.2 Å². The fourth-order valence-corrected chi connectivity index (χ4v) is 2.35. The number of hydrogen-bond donors (Lipinski definition) is 2. The number of ether oxygens (including phenoxy) is 1. The number of carbonyl (C=O) groups excluding carboxylic acids is 1. The molecule has 0 aliphatic rings. The van der Waals surface area contributed by atoms with Crippen LogP contribution in [0.2, 0.25) is 0 Å². The Labute approximate surface area is 142 Å². The molecule has 0 saturated heterocycles. The number of hydroxylamine groups is 1. The van der Waals surface area contributed by atoms with Gasteiger partial charge in [0.15, 0.2) is 5.58 Å². The van der Waals surface area contributed by atoms with Crippen LogP contribution < -0.4 is 5.48 Å². The van der Waals surface area contributed by atoms with Crippen molar-refractivity contribution in [3.63, 3.8) is 0 Å². The van der Waals surface area contributed by atoms with Gasteiger partial charge in [-0.1, -0.05) is 17.3 Å². The number of amides is 1. The fourth-order valence-electron chi connectivity index (χ4n) is 2.35. The van der Waals surface area contributed by atoms with Crippen molar-refractivity contribution >= 4 is 23.1 Å². The molecule has 0 aliphatic heterocycles. The van der Waals surface area contributed by atoms with Gasteiger partial charge in [-0.15, -0.1) is 5.10 Å². The molecule has 9 nitrogen and oxygen atoms in total. The van der Waals surface area contributed by atoms with E-state index < -0.39 is 5.91 Å². The summed E-state index contributed by atoms with van der Waals surface area (Å²) in [6, 6.07) is 7.20. The van der Waals surface area contributed by atoms with Gasteiger partial charge < -0.3 is 9.15 Å². The average molecular weight is 343 g/mol. The van der Waals surface area contributed by atoms with Crippen LogP contribution in [-0.4, -0.2) is 44.8 Å². The Kier molecular flexibility index (Phi) is 5.17. The minimum Gasteiger partial charge on any atom is -0.438 e. The van der Waals surface area contributed by atoms with Crippen LogP contribution in [0.25, 0.3) is 17.2 Å². The number of nitrogens with one attached hydrogen (secondary N) is 1. The van der Waals surface area contributed by atoms with E-state index in [1.165, 1.54) is 11.6 Å². The zero-order valence-corrected chi connectivity index (χ0v) is 13.5. The molecule has 3 aromatic rings. The van der Waals surface area contributed by atoms with Gasteiger partial charge in [-0.2, -0.15) is 0 Å². The monoisotopic (exact) mass is 343 g/mol. The first-order valence-corrected chi connectivity index (χ1v) is 7.59. The lowest BCUT2D eigenvalue weighted by atomic mass is 10.2. The van der Waals surface area contributed by atoms with Gasteiger partial charge in [-0.25, -0.2) is 15.1 Å². The molecule has 2 heterocycles. The smallest absolute Gasteiger partial charge is 0.267 e. The molecule has 25 heavy (non-hydrogen) atoms. The van der Waals surface area contributed by atoms with Crippen LogP contribution in [0.5, 0.6) is 0 Å². The summed E-state index contributed by atoms with van der Waals surface area (Å²) in [5.41, 5.74) is 3.43. The van der Waals surface area contributed by atoms with Crippen molar-refractivity contribution in [1.82, 2.24) is 25.5 Å². The van der Waals surface area contributed by atoms with E-state index in [-0.39, 0.29) is 6.04 Å². The highest BCUT2D eigenvalue weighted by Gasteiger charge is 2.21. The molecule has 1 aromatic carbocycles. The molecule has 0 aliphatic carbocycles. The number of para-hydroxylation sites is 2. The molecule has 0 radical (unpaired) electrons. The molecule has 1 atom stereocenters. The Balaban J connectivity index is 1.89. The van der Waals surface area contributed by atoms with E-state index in [1.54, 1.807) is 18.0 Å². The van der Waals surface area contributed by atoms with Gasteiger partial charge in [0.05, 0.1) is 6.20 Å². The lowest BCUT2D eigenvalue weighted by Crippen LogP contribution is -2.14. The largest absolute Gasteiger partial charge is 0.438 e. The molecule has 3 rings (SSSR count). The number of nitrogens with zero attached hydrogens (tertiary/aromatic N) is 4. The third-order valence-electron chi connectivity index (χ3n) is 3.55. The van der Waals surface area contributed by atoms with Crippen LogP contribution >= 0.6 is 0 Å². The Morgan fingerprint density at radius 1 is 1.48 bits per heavy atom. The second kappa shape index (κ2) is 7.69.